The zero-order valence-electron chi connectivity index (χ0n) is 13.1. The second-order valence-corrected chi connectivity index (χ2v) is 6.10. The predicted molar refractivity (Wildman–Crippen MR) is 78.6 cm³/mol. The Kier molecular flexibility index (Phi) is 6.30. The molecule has 1 heterocycles. The minimum absolute atomic E-state index is 0.00768. The molecule has 20 heavy (non-hydrogen) atoms. The van der Waals surface area contributed by atoms with Crippen molar-refractivity contribution in [1.82, 2.24) is 9.80 Å². The Morgan fingerprint density at radius 2 is 1.95 bits per heavy atom. The maximum Gasteiger partial charge on any atom is 0.320 e. The molecular formula is C15H28N2O3. The van der Waals surface area contributed by atoms with Gasteiger partial charge < -0.3 is 14.9 Å². The highest BCUT2D eigenvalue weighted by Gasteiger charge is 2.38. The first kappa shape index (κ1) is 16.8. The molecule has 0 saturated carbocycles. The first-order chi connectivity index (χ1) is 9.38. The summed E-state index contributed by atoms with van der Waals surface area (Å²) in [7, 11) is 0. The van der Waals surface area contributed by atoms with Gasteiger partial charge in [-0.25, -0.2) is 4.79 Å². The molecule has 0 bridgehead atoms. The Labute approximate surface area is 121 Å². The molecule has 0 spiro atoms. The summed E-state index contributed by atoms with van der Waals surface area (Å²) >= 11 is 0. The molecule has 0 unspecified atom stereocenters. The predicted octanol–water partition coefficient (Wildman–Crippen LogP) is 2.66. The summed E-state index contributed by atoms with van der Waals surface area (Å²) in [5.41, 5.74) is 0. The van der Waals surface area contributed by atoms with E-state index in [-0.39, 0.29) is 18.0 Å². The van der Waals surface area contributed by atoms with Crippen molar-refractivity contribution in [3.8, 4) is 0 Å². The van der Waals surface area contributed by atoms with Gasteiger partial charge in [0.2, 0.25) is 0 Å². The Bertz CT molecular complexity index is 344. The van der Waals surface area contributed by atoms with Gasteiger partial charge >= 0.3 is 12.0 Å². The van der Waals surface area contributed by atoms with Gasteiger partial charge in [-0.05, 0) is 26.2 Å². The van der Waals surface area contributed by atoms with Crippen LogP contribution in [0.4, 0.5) is 4.79 Å². The number of urea groups is 1. The number of carboxylic acid groups (broad SMARTS) is 1. The van der Waals surface area contributed by atoms with Crippen molar-refractivity contribution in [1.29, 1.82) is 0 Å². The molecule has 0 aromatic heterocycles. The van der Waals surface area contributed by atoms with Crippen LogP contribution in [0.15, 0.2) is 0 Å². The number of carbonyl (C=O) groups excluding carboxylic acids is 1. The van der Waals surface area contributed by atoms with Crippen LogP contribution in [0.3, 0.4) is 0 Å². The fourth-order valence-electron chi connectivity index (χ4n) is 2.73. The van der Waals surface area contributed by atoms with Crippen LogP contribution in [0.5, 0.6) is 0 Å². The van der Waals surface area contributed by atoms with Gasteiger partial charge in [0, 0.05) is 25.7 Å². The highest BCUT2D eigenvalue weighted by Crippen LogP contribution is 2.24. The standard InChI is InChI=1S/C15H28N2O3/c1-5-6-7-8-17(11(2)3)15(20)16-9-12(4)13(10-16)14(18)19/h11-13H,5-10H2,1-4H3,(H,18,19)/t12-,13-/m1/s1. The van der Waals surface area contributed by atoms with Gasteiger partial charge in [-0.1, -0.05) is 26.7 Å². The van der Waals surface area contributed by atoms with Gasteiger partial charge in [-0.3, -0.25) is 4.79 Å². The lowest BCUT2D eigenvalue weighted by molar-refractivity contribution is -0.142. The average Bonchev–Trinajstić information content (AvgIpc) is 2.76. The highest BCUT2D eigenvalue weighted by atomic mass is 16.4. The van der Waals surface area contributed by atoms with Crippen LogP contribution in [-0.2, 0) is 4.79 Å². The van der Waals surface area contributed by atoms with E-state index in [1.165, 1.54) is 0 Å². The van der Waals surface area contributed by atoms with Gasteiger partial charge in [0.1, 0.15) is 0 Å². The van der Waals surface area contributed by atoms with Gasteiger partial charge in [0.15, 0.2) is 0 Å². The maximum atomic E-state index is 12.6. The molecule has 1 aliphatic rings. The number of rotatable bonds is 6. The van der Waals surface area contributed by atoms with E-state index in [0.717, 1.165) is 25.8 Å². The summed E-state index contributed by atoms with van der Waals surface area (Å²) in [6.07, 6.45) is 3.25. The fraction of sp³-hybridized carbons (Fsp3) is 0.867. The number of unbranched alkanes of at least 4 members (excludes halogenated alkanes) is 2. The molecule has 1 N–H and O–H groups in total. The molecule has 116 valence electrons. The zero-order chi connectivity index (χ0) is 15.3. The van der Waals surface area contributed by atoms with Gasteiger partial charge in [-0.15, -0.1) is 0 Å². The monoisotopic (exact) mass is 284 g/mol. The molecule has 0 aliphatic carbocycles. The summed E-state index contributed by atoms with van der Waals surface area (Å²) in [5.74, 6) is -1.19. The van der Waals surface area contributed by atoms with Gasteiger partial charge in [-0.2, -0.15) is 0 Å². The van der Waals surface area contributed by atoms with Crippen LogP contribution in [-0.4, -0.2) is 52.6 Å². The second kappa shape index (κ2) is 7.50. The third-order valence-corrected chi connectivity index (χ3v) is 4.07. The minimum Gasteiger partial charge on any atom is -0.481 e. The molecule has 2 amide bonds. The largest absolute Gasteiger partial charge is 0.481 e. The molecule has 1 fully saturated rings. The van der Waals surface area contributed by atoms with E-state index in [2.05, 4.69) is 6.92 Å². The van der Waals surface area contributed by atoms with Crippen molar-refractivity contribution in [2.45, 2.75) is 53.0 Å². The molecule has 5 heteroatoms. The van der Waals surface area contributed by atoms with Crippen LogP contribution < -0.4 is 0 Å². The Morgan fingerprint density at radius 1 is 1.30 bits per heavy atom. The van der Waals surface area contributed by atoms with Crippen LogP contribution in [0, 0.1) is 11.8 Å². The van der Waals surface area contributed by atoms with Crippen LogP contribution in [0.2, 0.25) is 0 Å². The van der Waals surface area contributed by atoms with Crippen molar-refractivity contribution in [2.24, 2.45) is 11.8 Å². The first-order valence-electron chi connectivity index (χ1n) is 7.66. The quantitative estimate of drug-likeness (QED) is 0.763. The lowest BCUT2D eigenvalue weighted by Crippen LogP contribution is -2.46. The topological polar surface area (TPSA) is 60.9 Å². The van der Waals surface area contributed by atoms with Crippen LogP contribution in [0.25, 0.3) is 0 Å². The van der Waals surface area contributed by atoms with E-state index in [4.69, 9.17) is 5.11 Å². The van der Waals surface area contributed by atoms with E-state index < -0.39 is 11.9 Å². The van der Waals surface area contributed by atoms with Crippen LogP contribution in [0.1, 0.15) is 47.0 Å². The summed E-state index contributed by atoms with van der Waals surface area (Å²) in [6.45, 7) is 9.71. The third-order valence-electron chi connectivity index (χ3n) is 4.07. The second-order valence-electron chi connectivity index (χ2n) is 6.10. The maximum absolute atomic E-state index is 12.6. The molecule has 0 radical (unpaired) electrons. The minimum atomic E-state index is -0.796. The van der Waals surface area contributed by atoms with Crippen molar-refractivity contribution in [3.05, 3.63) is 0 Å². The summed E-state index contributed by atoms with van der Waals surface area (Å²) in [4.78, 5) is 27.3. The molecule has 5 nitrogen and oxygen atoms in total. The van der Waals surface area contributed by atoms with Gasteiger partial charge in [0.25, 0.3) is 0 Å². The number of amides is 2. The summed E-state index contributed by atoms with van der Waals surface area (Å²) < 4.78 is 0. The van der Waals surface area contributed by atoms with E-state index in [0.29, 0.717) is 13.1 Å². The SMILES string of the molecule is CCCCCN(C(=O)N1C[C@@H](C)[C@H](C(=O)O)C1)C(C)C. The summed E-state index contributed by atoms with van der Waals surface area (Å²) in [5, 5.41) is 9.15. The van der Waals surface area contributed by atoms with Crippen molar-refractivity contribution < 1.29 is 14.7 Å². The number of hydrogen-bond acceptors (Lipinski definition) is 2. The number of carbonyl (C=O) groups is 2. The van der Waals surface area contributed by atoms with Gasteiger partial charge in [0.05, 0.1) is 5.92 Å². The molecule has 2 atom stereocenters. The number of aliphatic carboxylic acids is 1. The lowest BCUT2D eigenvalue weighted by atomic mass is 9.99. The lowest BCUT2D eigenvalue weighted by Gasteiger charge is -2.31. The van der Waals surface area contributed by atoms with Crippen molar-refractivity contribution >= 4 is 12.0 Å². The number of likely N-dealkylation sites (tertiary alicyclic amines) is 1. The highest BCUT2D eigenvalue weighted by molar-refractivity contribution is 5.78. The first-order valence-corrected chi connectivity index (χ1v) is 7.66. The Hall–Kier alpha value is -1.26. The molecule has 1 saturated heterocycles. The molecule has 1 aliphatic heterocycles. The van der Waals surface area contributed by atoms with Crippen LogP contribution >= 0.6 is 0 Å². The smallest absolute Gasteiger partial charge is 0.320 e. The third kappa shape index (κ3) is 4.12. The fourth-order valence-corrected chi connectivity index (χ4v) is 2.73. The Morgan fingerprint density at radius 3 is 2.40 bits per heavy atom. The molecule has 1 rings (SSSR count). The number of carboxylic acids is 1. The van der Waals surface area contributed by atoms with E-state index in [1.807, 2.05) is 25.7 Å². The zero-order valence-corrected chi connectivity index (χ0v) is 13.1. The number of hydrogen-bond donors (Lipinski definition) is 1. The molecule has 0 aromatic carbocycles. The van der Waals surface area contributed by atoms with E-state index in [1.54, 1.807) is 4.90 Å². The molecular weight excluding hydrogens is 256 g/mol. The van der Waals surface area contributed by atoms with Crippen molar-refractivity contribution in [2.75, 3.05) is 19.6 Å². The number of nitrogens with zero attached hydrogens (tertiary/aromatic N) is 2. The van der Waals surface area contributed by atoms with Crippen molar-refractivity contribution in [3.63, 3.8) is 0 Å². The summed E-state index contributed by atoms with van der Waals surface area (Å²) in [6, 6.07) is 0.144. The van der Waals surface area contributed by atoms with E-state index >= 15 is 0 Å². The van der Waals surface area contributed by atoms with E-state index in [9.17, 15) is 9.59 Å². The Balaban J connectivity index is 2.64. The molecule has 0 aromatic rings. The average molecular weight is 284 g/mol. The normalized spacial score (nSPS) is 22.4.